The molecule has 0 saturated carbocycles. The van der Waals surface area contributed by atoms with Gasteiger partial charge in [0, 0.05) is 14.5 Å². The van der Waals surface area contributed by atoms with Crippen LogP contribution in [0.25, 0.3) is 17.4 Å². The van der Waals surface area contributed by atoms with Gasteiger partial charge in [-0.05, 0) is 91.4 Å². The Morgan fingerprint density at radius 3 is 2.38 bits per heavy atom. The van der Waals surface area contributed by atoms with E-state index in [0.29, 0.717) is 0 Å². The van der Waals surface area contributed by atoms with Gasteiger partial charge in [-0.25, -0.2) is 4.39 Å². The summed E-state index contributed by atoms with van der Waals surface area (Å²) >= 11 is 6.79. The van der Waals surface area contributed by atoms with Crippen molar-refractivity contribution in [1.82, 2.24) is 0 Å². The quantitative estimate of drug-likeness (QED) is 0.226. The average Bonchev–Trinajstić information content (AvgIpc) is 2.81. The number of aliphatic hydroxyl groups excluding tert-OH is 1. The summed E-state index contributed by atoms with van der Waals surface area (Å²) in [6.07, 6.45) is 6.78. The van der Waals surface area contributed by atoms with E-state index in [4.69, 9.17) is 0 Å². The molecule has 0 aliphatic rings. The molecule has 0 fully saturated rings. The average molecular weight is 584 g/mol. The number of hydrogen-bond acceptors (Lipinski definition) is 1. The number of hydrogen-bond donors (Lipinski definition) is 1. The molecule has 3 aromatic rings. The first kappa shape index (κ1) is 27.6. The minimum atomic E-state index is -0.238. The van der Waals surface area contributed by atoms with Crippen LogP contribution in [0.2, 0.25) is 0 Å². The van der Waals surface area contributed by atoms with Crippen molar-refractivity contribution in [2.45, 2.75) is 27.2 Å². The first-order chi connectivity index (χ1) is 16.1. The maximum absolute atomic E-state index is 12.5. The molecule has 0 bridgehead atoms. The number of aryl methyl sites for hydroxylation is 1. The lowest BCUT2D eigenvalue weighted by Crippen LogP contribution is -1.90. The van der Waals surface area contributed by atoms with E-state index in [1.165, 1.54) is 40.0 Å². The molecule has 176 valence electrons. The van der Waals surface area contributed by atoms with Gasteiger partial charge in [-0.2, -0.15) is 0 Å². The largest absolute Gasteiger partial charge is 0.508 e. The lowest BCUT2D eigenvalue weighted by atomic mass is 10.00. The molecule has 0 heterocycles. The Kier molecular flexibility index (Phi) is 10.7. The van der Waals surface area contributed by atoms with Crippen LogP contribution >= 0.6 is 31.9 Å². The Bertz CT molecular complexity index is 1240. The fraction of sp³-hybridized carbons (Fsp3) is 0.133. The number of allylic oxidation sites excluding steroid dienone is 4. The topological polar surface area (TPSA) is 20.2 Å². The van der Waals surface area contributed by atoms with Crippen LogP contribution in [-0.4, -0.2) is 5.11 Å². The molecule has 34 heavy (non-hydrogen) atoms. The van der Waals surface area contributed by atoms with Crippen molar-refractivity contribution in [3.8, 4) is 0 Å². The summed E-state index contributed by atoms with van der Waals surface area (Å²) in [5.41, 5.74) is 7.76. The highest BCUT2D eigenvalue weighted by Gasteiger charge is 2.02. The molecule has 0 radical (unpaired) electrons. The molecule has 3 rings (SSSR count). The summed E-state index contributed by atoms with van der Waals surface area (Å²) in [5, 5.41) is 9.51. The van der Waals surface area contributed by atoms with Gasteiger partial charge in [0.2, 0.25) is 0 Å². The second kappa shape index (κ2) is 13.3. The van der Waals surface area contributed by atoms with E-state index in [1.807, 2.05) is 18.2 Å². The van der Waals surface area contributed by atoms with Gasteiger partial charge in [-0.1, -0.05) is 93.1 Å². The van der Waals surface area contributed by atoms with Gasteiger partial charge in [-0.15, -0.1) is 0 Å². The van der Waals surface area contributed by atoms with Crippen LogP contribution in [0.5, 0.6) is 0 Å². The molecular weight excluding hydrogens is 555 g/mol. The van der Waals surface area contributed by atoms with Crippen LogP contribution in [-0.2, 0) is 6.42 Å². The molecular formula is C30H29Br2FO. The van der Waals surface area contributed by atoms with E-state index in [-0.39, 0.29) is 11.6 Å². The zero-order chi connectivity index (χ0) is 25.3. The molecule has 3 aromatic carbocycles. The highest BCUT2D eigenvalue weighted by Crippen LogP contribution is 2.23. The Morgan fingerprint density at radius 2 is 1.74 bits per heavy atom. The highest BCUT2D eigenvalue weighted by molar-refractivity contribution is 9.10. The summed E-state index contributed by atoms with van der Waals surface area (Å²) < 4.78 is 14.4. The van der Waals surface area contributed by atoms with E-state index in [0.717, 1.165) is 26.5 Å². The number of rotatable bonds is 6. The maximum atomic E-state index is 12.5. The molecule has 0 atom stereocenters. The van der Waals surface area contributed by atoms with E-state index in [1.54, 1.807) is 12.1 Å². The van der Waals surface area contributed by atoms with Crippen molar-refractivity contribution in [2.75, 3.05) is 0 Å². The van der Waals surface area contributed by atoms with Crippen LogP contribution in [0.1, 0.15) is 41.7 Å². The fourth-order valence-electron chi connectivity index (χ4n) is 3.29. The van der Waals surface area contributed by atoms with Crippen molar-refractivity contribution in [3.05, 3.63) is 134 Å². The normalized spacial score (nSPS) is 11.5. The Morgan fingerprint density at radius 1 is 1.00 bits per heavy atom. The molecule has 0 spiro atoms. The first-order valence-corrected chi connectivity index (χ1v) is 12.3. The van der Waals surface area contributed by atoms with Gasteiger partial charge in [-0.3, -0.25) is 0 Å². The third-order valence-corrected chi connectivity index (χ3v) is 6.38. The van der Waals surface area contributed by atoms with Crippen LogP contribution in [0.3, 0.4) is 0 Å². The second-order valence-corrected chi connectivity index (χ2v) is 9.79. The SMILES string of the molecule is C=C(O)c1cccc(C/C(C)=C\C=C(/C)c2cc(Br)ccc2C)c1.C=Cc1cc(F)ccc1Br. The van der Waals surface area contributed by atoms with Crippen molar-refractivity contribution in [1.29, 1.82) is 0 Å². The van der Waals surface area contributed by atoms with Crippen LogP contribution in [0.4, 0.5) is 4.39 Å². The molecule has 0 aromatic heterocycles. The molecule has 4 heteroatoms. The zero-order valence-corrected chi connectivity index (χ0v) is 22.9. The summed E-state index contributed by atoms with van der Waals surface area (Å²) in [4.78, 5) is 0. The lowest BCUT2D eigenvalue weighted by Gasteiger charge is -2.07. The Hall–Kier alpha value is -2.69. The van der Waals surface area contributed by atoms with Crippen molar-refractivity contribution in [3.63, 3.8) is 0 Å². The van der Waals surface area contributed by atoms with Gasteiger partial charge in [0.15, 0.2) is 0 Å². The minimum Gasteiger partial charge on any atom is -0.508 e. The molecule has 0 unspecified atom stereocenters. The zero-order valence-electron chi connectivity index (χ0n) is 19.7. The fourth-order valence-corrected chi connectivity index (χ4v) is 4.06. The molecule has 0 saturated heterocycles. The third-order valence-electron chi connectivity index (χ3n) is 5.16. The molecule has 1 nitrogen and oxygen atoms in total. The first-order valence-electron chi connectivity index (χ1n) is 10.8. The maximum Gasteiger partial charge on any atom is 0.123 e. The van der Waals surface area contributed by atoms with Crippen molar-refractivity contribution < 1.29 is 9.50 Å². The van der Waals surface area contributed by atoms with Gasteiger partial charge < -0.3 is 5.11 Å². The Labute approximate surface area is 219 Å². The molecule has 0 aliphatic carbocycles. The predicted molar refractivity (Wildman–Crippen MR) is 152 cm³/mol. The lowest BCUT2D eigenvalue weighted by molar-refractivity contribution is 0.513. The van der Waals surface area contributed by atoms with Crippen LogP contribution in [0, 0.1) is 12.7 Å². The molecule has 1 N–H and O–H groups in total. The summed E-state index contributed by atoms with van der Waals surface area (Å²) in [5.74, 6) is -0.127. The molecule has 0 amide bonds. The minimum absolute atomic E-state index is 0.111. The third kappa shape index (κ3) is 8.58. The number of halogens is 3. The van der Waals surface area contributed by atoms with Crippen molar-refractivity contribution in [2.24, 2.45) is 0 Å². The summed E-state index contributed by atoms with van der Waals surface area (Å²) in [7, 11) is 0. The number of benzene rings is 3. The van der Waals surface area contributed by atoms with Gasteiger partial charge in [0.1, 0.15) is 11.6 Å². The smallest absolute Gasteiger partial charge is 0.123 e. The van der Waals surface area contributed by atoms with Gasteiger partial charge >= 0.3 is 0 Å². The molecule has 0 aliphatic heterocycles. The van der Waals surface area contributed by atoms with Crippen molar-refractivity contribution >= 4 is 49.3 Å². The summed E-state index contributed by atoms with van der Waals surface area (Å²) in [6.45, 7) is 13.5. The summed E-state index contributed by atoms with van der Waals surface area (Å²) in [6, 6.07) is 18.7. The highest BCUT2D eigenvalue weighted by atomic mass is 79.9. The number of aliphatic hydroxyl groups is 1. The standard InChI is InChI=1S/C22H23BrO.C8H6BrF/c1-15(12-19-6-5-7-20(13-19)18(4)24)8-9-16(2)22-14-21(23)11-10-17(22)3;1-2-6-5-7(10)3-4-8(6)9/h5-11,13-14,24H,4,12H2,1-3H3;2-5H,1H2/b15-8-,16-9+;. The predicted octanol–water partition coefficient (Wildman–Crippen LogP) is 10.1. The van der Waals surface area contributed by atoms with E-state index >= 15 is 0 Å². The van der Waals surface area contributed by atoms with E-state index < -0.39 is 0 Å². The monoisotopic (exact) mass is 582 g/mol. The van der Waals surface area contributed by atoms with Gasteiger partial charge in [0.05, 0.1) is 0 Å². The van der Waals surface area contributed by atoms with Crippen LogP contribution < -0.4 is 0 Å². The van der Waals surface area contributed by atoms with Crippen LogP contribution in [0.15, 0.2) is 100 Å². The second-order valence-electron chi connectivity index (χ2n) is 8.02. The van der Waals surface area contributed by atoms with Gasteiger partial charge in [0.25, 0.3) is 0 Å². The van der Waals surface area contributed by atoms with E-state index in [9.17, 15) is 9.50 Å². The Balaban J connectivity index is 0.000000340. The van der Waals surface area contributed by atoms with E-state index in [2.05, 4.69) is 102 Å².